The summed E-state index contributed by atoms with van der Waals surface area (Å²) in [5, 5.41) is 0.786. The topological polar surface area (TPSA) is 26.0 Å². The lowest BCUT2D eigenvalue weighted by molar-refractivity contribution is 0.141. The van der Waals surface area contributed by atoms with Crippen LogP contribution in [0, 0.1) is 11.8 Å². The van der Waals surface area contributed by atoms with Crippen LogP contribution in [0.5, 0.6) is 0 Å². The summed E-state index contributed by atoms with van der Waals surface area (Å²) in [5.41, 5.74) is 7.83. The fourth-order valence-corrected chi connectivity index (χ4v) is 3.01. The van der Waals surface area contributed by atoms with Gasteiger partial charge in [0.05, 0.1) is 0 Å². The van der Waals surface area contributed by atoms with Gasteiger partial charge in [0, 0.05) is 10.6 Å². The van der Waals surface area contributed by atoms with Gasteiger partial charge in [0.15, 0.2) is 0 Å². The van der Waals surface area contributed by atoms with Gasteiger partial charge in [0.2, 0.25) is 0 Å². The van der Waals surface area contributed by atoms with E-state index in [0.717, 1.165) is 11.4 Å². The molecular weight excluding hydrogens is 230 g/mol. The Kier molecular flexibility index (Phi) is 3.79. The fourth-order valence-electron chi connectivity index (χ4n) is 2.88. The molecule has 1 saturated carbocycles. The minimum absolute atomic E-state index is 0.156. The zero-order chi connectivity index (χ0) is 12.5. The van der Waals surface area contributed by atoms with Gasteiger partial charge >= 0.3 is 0 Å². The molecule has 1 aliphatic carbocycles. The van der Waals surface area contributed by atoms with E-state index < -0.39 is 0 Å². The lowest BCUT2D eigenvalue weighted by Gasteiger charge is -2.44. The van der Waals surface area contributed by atoms with Gasteiger partial charge in [-0.1, -0.05) is 44.0 Å². The van der Waals surface area contributed by atoms with Crippen LogP contribution in [0.4, 0.5) is 0 Å². The van der Waals surface area contributed by atoms with Crippen molar-refractivity contribution in [3.05, 3.63) is 34.9 Å². The van der Waals surface area contributed by atoms with Crippen LogP contribution >= 0.6 is 11.6 Å². The highest BCUT2D eigenvalue weighted by atomic mass is 35.5. The first-order valence-corrected chi connectivity index (χ1v) is 6.95. The molecule has 0 aliphatic heterocycles. The first-order chi connectivity index (χ1) is 8.02. The first-order valence-electron chi connectivity index (χ1n) is 6.57. The molecule has 17 heavy (non-hydrogen) atoms. The minimum atomic E-state index is -0.156. The highest BCUT2D eigenvalue weighted by molar-refractivity contribution is 6.30. The molecule has 1 fully saturated rings. The smallest absolute Gasteiger partial charge is 0.0440 e. The molecule has 0 saturated heterocycles. The predicted octanol–water partition coefficient (Wildman–Crippen LogP) is 4.34. The summed E-state index contributed by atoms with van der Waals surface area (Å²) in [6.07, 6.45) is 4.92. The molecule has 0 bridgehead atoms. The van der Waals surface area contributed by atoms with Crippen LogP contribution < -0.4 is 5.73 Å². The van der Waals surface area contributed by atoms with Crippen molar-refractivity contribution in [2.75, 3.05) is 0 Å². The second-order valence-electron chi connectivity index (χ2n) is 5.77. The number of rotatable bonds is 4. The average Bonchev–Trinajstić information content (AvgIpc) is 2.13. The van der Waals surface area contributed by atoms with Crippen molar-refractivity contribution >= 4 is 11.6 Å². The lowest BCUT2D eigenvalue weighted by Crippen LogP contribution is -2.48. The maximum atomic E-state index is 6.73. The Hall–Kier alpha value is -0.530. The largest absolute Gasteiger partial charge is 0.321 e. The first kappa shape index (κ1) is 12.9. The molecule has 1 aromatic rings. The van der Waals surface area contributed by atoms with E-state index in [2.05, 4.69) is 26.0 Å². The van der Waals surface area contributed by atoms with Crippen LogP contribution in [0.2, 0.25) is 5.02 Å². The molecule has 1 aliphatic rings. The summed E-state index contributed by atoms with van der Waals surface area (Å²) in [6.45, 7) is 4.49. The molecule has 0 spiro atoms. The summed E-state index contributed by atoms with van der Waals surface area (Å²) < 4.78 is 0. The second kappa shape index (κ2) is 4.99. The summed E-state index contributed by atoms with van der Waals surface area (Å²) in [7, 11) is 0. The molecule has 1 aromatic carbocycles. The quantitative estimate of drug-likeness (QED) is 0.847. The predicted molar refractivity (Wildman–Crippen MR) is 74.1 cm³/mol. The highest BCUT2D eigenvalue weighted by Gasteiger charge is 2.40. The third-order valence-electron chi connectivity index (χ3n) is 3.96. The van der Waals surface area contributed by atoms with E-state index >= 15 is 0 Å². The molecule has 0 aromatic heterocycles. The molecule has 0 amide bonds. The molecule has 94 valence electrons. The van der Waals surface area contributed by atoms with Gasteiger partial charge < -0.3 is 5.73 Å². The molecule has 1 atom stereocenters. The van der Waals surface area contributed by atoms with Crippen molar-refractivity contribution < 1.29 is 0 Å². The van der Waals surface area contributed by atoms with E-state index in [-0.39, 0.29) is 5.54 Å². The maximum absolute atomic E-state index is 6.73. The van der Waals surface area contributed by atoms with Gasteiger partial charge in [-0.2, -0.15) is 0 Å². The third kappa shape index (κ3) is 2.66. The van der Waals surface area contributed by atoms with Gasteiger partial charge in [-0.3, -0.25) is 0 Å². The lowest BCUT2D eigenvalue weighted by atomic mass is 9.65. The van der Waals surface area contributed by atoms with Crippen molar-refractivity contribution in [1.82, 2.24) is 0 Å². The highest BCUT2D eigenvalue weighted by Crippen LogP contribution is 2.44. The fraction of sp³-hybridized carbons (Fsp3) is 0.600. The molecule has 1 unspecified atom stereocenters. The molecule has 0 radical (unpaired) electrons. The van der Waals surface area contributed by atoms with Crippen LogP contribution in [0.3, 0.4) is 0 Å². The van der Waals surface area contributed by atoms with Gasteiger partial charge in [0.1, 0.15) is 0 Å². The molecule has 1 nitrogen and oxygen atoms in total. The SMILES string of the molecule is CC(C)CC(N)(c1ccc(Cl)cc1)C1CCC1. The van der Waals surface area contributed by atoms with Crippen LogP contribution in [0.25, 0.3) is 0 Å². The number of hydrogen-bond donors (Lipinski definition) is 1. The van der Waals surface area contributed by atoms with Crippen molar-refractivity contribution in [3.8, 4) is 0 Å². The Bertz CT molecular complexity index is 367. The van der Waals surface area contributed by atoms with E-state index in [9.17, 15) is 0 Å². The number of nitrogens with two attached hydrogens (primary N) is 1. The van der Waals surface area contributed by atoms with E-state index in [1.807, 2.05) is 12.1 Å². The summed E-state index contributed by atoms with van der Waals surface area (Å²) in [4.78, 5) is 0. The van der Waals surface area contributed by atoms with E-state index in [4.69, 9.17) is 17.3 Å². The molecule has 2 N–H and O–H groups in total. The Morgan fingerprint density at radius 3 is 2.29 bits per heavy atom. The van der Waals surface area contributed by atoms with E-state index in [1.165, 1.54) is 24.8 Å². The number of halogens is 1. The summed E-state index contributed by atoms with van der Waals surface area (Å²) in [6, 6.07) is 8.11. The van der Waals surface area contributed by atoms with Gasteiger partial charge in [-0.05, 0) is 48.8 Å². The van der Waals surface area contributed by atoms with E-state index in [0.29, 0.717) is 11.8 Å². The molecular formula is C15H22ClN. The maximum Gasteiger partial charge on any atom is 0.0440 e. The van der Waals surface area contributed by atoms with E-state index in [1.54, 1.807) is 0 Å². The van der Waals surface area contributed by atoms with Crippen LogP contribution in [0.15, 0.2) is 24.3 Å². The van der Waals surface area contributed by atoms with Crippen molar-refractivity contribution in [2.45, 2.75) is 45.1 Å². The van der Waals surface area contributed by atoms with Gasteiger partial charge in [0.25, 0.3) is 0 Å². The average molecular weight is 252 g/mol. The molecule has 2 heteroatoms. The minimum Gasteiger partial charge on any atom is -0.321 e. The van der Waals surface area contributed by atoms with Crippen molar-refractivity contribution in [3.63, 3.8) is 0 Å². The van der Waals surface area contributed by atoms with Crippen LogP contribution in [0.1, 0.15) is 45.1 Å². The zero-order valence-corrected chi connectivity index (χ0v) is 11.5. The third-order valence-corrected chi connectivity index (χ3v) is 4.21. The Labute approximate surface area is 109 Å². The normalized spacial score (nSPS) is 20.1. The Balaban J connectivity index is 2.28. The summed E-state index contributed by atoms with van der Waals surface area (Å²) in [5.74, 6) is 1.27. The molecule has 0 heterocycles. The van der Waals surface area contributed by atoms with Crippen molar-refractivity contribution in [2.24, 2.45) is 17.6 Å². The standard InChI is InChI=1S/C15H22ClN/c1-11(2)10-15(17,12-4-3-5-12)13-6-8-14(16)9-7-13/h6-9,11-12H,3-5,10,17H2,1-2H3. The van der Waals surface area contributed by atoms with Crippen molar-refractivity contribution in [1.29, 1.82) is 0 Å². The Morgan fingerprint density at radius 1 is 1.29 bits per heavy atom. The monoisotopic (exact) mass is 251 g/mol. The zero-order valence-electron chi connectivity index (χ0n) is 10.7. The van der Waals surface area contributed by atoms with Crippen LogP contribution in [-0.4, -0.2) is 0 Å². The molecule has 2 rings (SSSR count). The van der Waals surface area contributed by atoms with Gasteiger partial charge in [-0.15, -0.1) is 0 Å². The summed E-state index contributed by atoms with van der Waals surface area (Å²) >= 11 is 5.95. The van der Waals surface area contributed by atoms with Crippen LogP contribution in [-0.2, 0) is 5.54 Å². The Morgan fingerprint density at radius 2 is 1.88 bits per heavy atom. The second-order valence-corrected chi connectivity index (χ2v) is 6.21. The number of benzene rings is 1. The number of hydrogen-bond acceptors (Lipinski definition) is 1. The van der Waals surface area contributed by atoms with Gasteiger partial charge in [-0.25, -0.2) is 0 Å².